The van der Waals surface area contributed by atoms with Crippen LogP contribution in [0, 0.1) is 0 Å². The van der Waals surface area contributed by atoms with Crippen LogP contribution in [-0.2, 0) is 16.6 Å². The molecule has 1 saturated heterocycles. The van der Waals surface area contributed by atoms with Gasteiger partial charge < -0.3 is 9.41 Å². The van der Waals surface area contributed by atoms with Crippen LogP contribution in [0.1, 0.15) is 30.7 Å². The monoisotopic (exact) mass is 344 g/mol. The van der Waals surface area contributed by atoms with Gasteiger partial charge in [-0.25, -0.2) is 0 Å². The second-order valence-corrected chi connectivity index (χ2v) is 14.0. The fraction of sp³-hybridized carbons (Fsp3) is 0.200. The first-order valence-electron chi connectivity index (χ1n) is 7.93. The fourth-order valence-corrected chi connectivity index (χ4v) is 13.6. The zero-order valence-corrected chi connectivity index (χ0v) is 14.3. The van der Waals surface area contributed by atoms with Crippen molar-refractivity contribution in [1.82, 2.24) is 0 Å². The minimum absolute atomic E-state index is 0. The molecule has 2 aromatic rings. The molecular weight excluding hydrogens is 326 g/mol. The molecule has 0 spiro atoms. The van der Waals surface area contributed by atoms with Crippen molar-refractivity contribution in [3.05, 3.63) is 82.9 Å². The second kappa shape index (κ2) is 5.85. The van der Waals surface area contributed by atoms with Crippen molar-refractivity contribution in [2.24, 2.45) is 0 Å². The van der Waals surface area contributed by atoms with Crippen LogP contribution in [0.15, 0.2) is 60.7 Å². The Morgan fingerprint density at radius 2 is 1.09 bits per heavy atom. The van der Waals surface area contributed by atoms with Gasteiger partial charge in [-0.05, 0) is 0 Å². The van der Waals surface area contributed by atoms with E-state index in [1.54, 1.807) is 11.1 Å². The fourth-order valence-electron chi connectivity index (χ4n) is 4.46. The van der Waals surface area contributed by atoms with Crippen molar-refractivity contribution >= 4 is 12.2 Å². The molecule has 0 saturated carbocycles. The molecule has 0 amide bonds. The van der Waals surface area contributed by atoms with E-state index in [2.05, 4.69) is 72.8 Å². The van der Waals surface area contributed by atoms with Crippen LogP contribution < -0.4 is 9.41 Å². The largest absolute Gasteiger partial charge is 1.00 e. The summed E-state index contributed by atoms with van der Waals surface area (Å²) in [7, 11) is 0. The molecule has 0 bridgehead atoms. The Bertz CT molecular complexity index is 726. The third kappa shape index (κ3) is 2.28. The van der Waals surface area contributed by atoms with Crippen LogP contribution in [0.3, 0.4) is 0 Å². The average molecular weight is 344 g/mol. The maximum Gasteiger partial charge on any atom is -1.00 e. The zero-order chi connectivity index (χ0) is 13.9. The van der Waals surface area contributed by atoms with Gasteiger partial charge >= 0.3 is 130 Å². The molecule has 2 aromatic carbocycles. The van der Waals surface area contributed by atoms with Gasteiger partial charge in [-0.3, -0.25) is 0 Å². The van der Waals surface area contributed by atoms with Crippen LogP contribution in [0.25, 0.3) is 12.2 Å². The molecule has 116 valence electrons. The van der Waals surface area contributed by atoms with Crippen molar-refractivity contribution < 1.29 is 26.0 Å². The SMILES string of the molecule is C1=C[CH]([Ti+2]2([CH]3C=Cc4ccccc43)[CH2][CH2]2)c2ccccc21.[F-].[F-]. The second-order valence-electron chi connectivity index (χ2n) is 6.66. The Morgan fingerprint density at radius 3 is 1.52 bits per heavy atom. The number of benzene rings is 2. The maximum absolute atomic E-state index is 2.53. The molecule has 0 nitrogen and oxygen atoms in total. The van der Waals surface area contributed by atoms with E-state index >= 15 is 0 Å². The normalized spacial score (nSPS) is 23.0. The number of rotatable bonds is 2. The van der Waals surface area contributed by atoms with Crippen LogP contribution in [0.5, 0.6) is 0 Å². The summed E-state index contributed by atoms with van der Waals surface area (Å²) in [6, 6.07) is 18.1. The van der Waals surface area contributed by atoms with Gasteiger partial charge in [-0.2, -0.15) is 0 Å². The summed E-state index contributed by atoms with van der Waals surface area (Å²) < 4.78 is 4.63. The Morgan fingerprint density at radius 1 is 0.652 bits per heavy atom. The van der Waals surface area contributed by atoms with Crippen molar-refractivity contribution in [2.75, 3.05) is 0 Å². The van der Waals surface area contributed by atoms with Gasteiger partial charge in [0, 0.05) is 0 Å². The predicted molar refractivity (Wildman–Crippen MR) is 86.0 cm³/mol. The van der Waals surface area contributed by atoms with E-state index in [0.29, 0.717) is 0 Å². The van der Waals surface area contributed by atoms with Gasteiger partial charge in [0.2, 0.25) is 0 Å². The van der Waals surface area contributed by atoms with Crippen LogP contribution in [0.4, 0.5) is 0 Å². The summed E-state index contributed by atoms with van der Waals surface area (Å²) in [6.45, 7) is 0. The van der Waals surface area contributed by atoms with Crippen LogP contribution in [0.2, 0.25) is 9.45 Å². The average Bonchev–Trinajstić information content (AvgIpc) is 3.03. The molecule has 3 heteroatoms. The zero-order valence-electron chi connectivity index (χ0n) is 12.8. The number of halogens is 2. The van der Waals surface area contributed by atoms with E-state index in [1.165, 1.54) is 20.6 Å². The van der Waals surface area contributed by atoms with E-state index in [9.17, 15) is 0 Å². The smallest absolute Gasteiger partial charge is 1.00 e. The quantitative estimate of drug-likeness (QED) is 0.647. The molecular formula is C20H18F2Ti. The van der Waals surface area contributed by atoms with Crippen molar-refractivity contribution in [3.8, 4) is 0 Å². The molecule has 0 radical (unpaired) electrons. The molecule has 5 rings (SSSR count). The molecule has 2 atom stereocenters. The Kier molecular flexibility index (Phi) is 4.16. The molecule has 2 unspecified atom stereocenters. The number of allylic oxidation sites excluding steroid dienone is 2. The van der Waals surface area contributed by atoms with Gasteiger partial charge in [-0.1, -0.05) is 0 Å². The molecule has 3 aliphatic rings. The van der Waals surface area contributed by atoms with Gasteiger partial charge in [0.1, 0.15) is 0 Å². The Hall–Kier alpha value is -1.51. The van der Waals surface area contributed by atoms with Crippen molar-refractivity contribution in [3.63, 3.8) is 0 Å². The van der Waals surface area contributed by atoms with Crippen LogP contribution >= 0.6 is 0 Å². The van der Waals surface area contributed by atoms with Gasteiger partial charge in [0.25, 0.3) is 0 Å². The first-order valence-corrected chi connectivity index (χ1v) is 11.9. The third-order valence-corrected chi connectivity index (χ3v) is 13.7. The summed E-state index contributed by atoms with van der Waals surface area (Å²) in [5.41, 5.74) is 6.17. The van der Waals surface area contributed by atoms with Crippen LogP contribution in [-0.4, -0.2) is 0 Å². The Labute approximate surface area is 139 Å². The number of hydrogen-bond acceptors (Lipinski definition) is 0. The summed E-state index contributed by atoms with van der Waals surface area (Å²) in [6.07, 6.45) is 9.81. The van der Waals surface area contributed by atoms with E-state index in [0.717, 1.165) is 8.45 Å². The minimum Gasteiger partial charge on any atom is -1.00 e. The van der Waals surface area contributed by atoms with Gasteiger partial charge in [0.15, 0.2) is 0 Å². The first-order chi connectivity index (χ1) is 10.4. The number of hydrogen-bond donors (Lipinski definition) is 0. The summed E-state index contributed by atoms with van der Waals surface area (Å²) >= 11 is -1.85. The molecule has 1 fully saturated rings. The van der Waals surface area contributed by atoms with E-state index < -0.39 is 16.6 Å². The standard InChI is InChI=1S/2C9H7.C2H4.2FH.Ti/c2*1-2-5-9-7-3-6-8(9)4-1;1-2;;;/h2*1-7H;1-2H2;2*1H;/q;;;;;+2/p-2. The predicted octanol–water partition coefficient (Wildman–Crippen LogP) is -0.465. The third-order valence-electron chi connectivity index (χ3n) is 5.66. The summed E-state index contributed by atoms with van der Waals surface area (Å²) in [5, 5.41) is 0. The van der Waals surface area contributed by atoms with Gasteiger partial charge in [-0.15, -0.1) is 0 Å². The number of fused-ring (bicyclic) bond motifs is 2. The molecule has 0 aromatic heterocycles. The Balaban J connectivity index is 0.000000781. The first kappa shape index (κ1) is 16.4. The topological polar surface area (TPSA) is 0 Å². The molecule has 1 heterocycles. The summed E-state index contributed by atoms with van der Waals surface area (Å²) in [5.74, 6) is 0. The van der Waals surface area contributed by atoms with E-state index in [-0.39, 0.29) is 9.41 Å². The van der Waals surface area contributed by atoms with E-state index in [1.807, 2.05) is 0 Å². The summed E-state index contributed by atoms with van der Waals surface area (Å²) in [4.78, 5) is 0. The van der Waals surface area contributed by atoms with Crippen molar-refractivity contribution in [1.29, 1.82) is 0 Å². The molecule has 1 aliphatic heterocycles. The minimum atomic E-state index is -1.85. The molecule has 23 heavy (non-hydrogen) atoms. The van der Waals surface area contributed by atoms with E-state index in [4.69, 9.17) is 0 Å². The van der Waals surface area contributed by atoms with Crippen molar-refractivity contribution in [2.45, 2.75) is 17.9 Å². The van der Waals surface area contributed by atoms with Gasteiger partial charge in [0.05, 0.1) is 0 Å². The molecule has 2 aliphatic carbocycles. The maximum atomic E-state index is 2.53. The molecule has 0 N–H and O–H groups in total.